The van der Waals surface area contributed by atoms with Crippen LogP contribution in [-0.2, 0) is 0 Å². The number of anilines is 1. The van der Waals surface area contributed by atoms with Gasteiger partial charge in [0.25, 0.3) is 5.91 Å². The standard InChI is InChI=1S/C12H6BrF3N2O/c13-6-3-7(5-17-4-6)18-12(19)8-1-2-9(14)11(16)10(8)15/h1-5H,(H,18,19). The number of carbonyl (C=O) groups excluding carboxylic acids is 1. The van der Waals surface area contributed by atoms with E-state index in [1.165, 1.54) is 18.5 Å². The molecule has 0 atom stereocenters. The average molecular weight is 331 g/mol. The van der Waals surface area contributed by atoms with Crippen LogP contribution < -0.4 is 5.32 Å². The SMILES string of the molecule is O=C(Nc1cncc(Br)c1)c1ccc(F)c(F)c1F. The van der Waals surface area contributed by atoms with E-state index < -0.39 is 28.9 Å². The number of rotatable bonds is 2. The molecule has 2 rings (SSSR count). The van der Waals surface area contributed by atoms with Crippen molar-refractivity contribution in [2.75, 3.05) is 5.32 Å². The molecule has 1 amide bonds. The molecule has 0 aliphatic heterocycles. The molecule has 7 heteroatoms. The van der Waals surface area contributed by atoms with Crippen LogP contribution in [0, 0.1) is 17.5 Å². The number of halogens is 4. The fourth-order valence-electron chi connectivity index (χ4n) is 1.38. The molecule has 0 fully saturated rings. The third kappa shape index (κ3) is 2.93. The highest BCUT2D eigenvalue weighted by molar-refractivity contribution is 9.10. The Bertz CT molecular complexity index is 649. The molecule has 0 aliphatic carbocycles. The zero-order valence-electron chi connectivity index (χ0n) is 9.25. The monoisotopic (exact) mass is 330 g/mol. The van der Waals surface area contributed by atoms with Gasteiger partial charge in [-0.1, -0.05) is 0 Å². The lowest BCUT2D eigenvalue weighted by molar-refractivity contribution is 0.102. The van der Waals surface area contributed by atoms with Crippen LogP contribution in [0.25, 0.3) is 0 Å². The molecular formula is C12H6BrF3N2O. The molecule has 0 saturated carbocycles. The first-order chi connectivity index (χ1) is 8.99. The first-order valence-corrected chi connectivity index (χ1v) is 5.83. The summed E-state index contributed by atoms with van der Waals surface area (Å²) >= 11 is 3.15. The van der Waals surface area contributed by atoms with Crippen LogP contribution in [-0.4, -0.2) is 10.9 Å². The molecule has 2 aromatic rings. The largest absolute Gasteiger partial charge is 0.320 e. The van der Waals surface area contributed by atoms with E-state index >= 15 is 0 Å². The van der Waals surface area contributed by atoms with Gasteiger partial charge in [-0.05, 0) is 34.1 Å². The van der Waals surface area contributed by atoms with Crippen LogP contribution in [0.5, 0.6) is 0 Å². The summed E-state index contributed by atoms with van der Waals surface area (Å²) in [7, 11) is 0. The number of hydrogen-bond acceptors (Lipinski definition) is 2. The van der Waals surface area contributed by atoms with Crippen molar-refractivity contribution in [3.05, 3.63) is 58.1 Å². The molecule has 0 unspecified atom stereocenters. The van der Waals surface area contributed by atoms with Gasteiger partial charge < -0.3 is 5.32 Å². The summed E-state index contributed by atoms with van der Waals surface area (Å²) in [6, 6.07) is 3.09. The van der Waals surface area contributed by atoms with Crippen LogP contribution >= 0.6 is 15.9 Å². The molecule has 0 radical (unpaired) electrons. The molecule has 0 bridgehead atoms. The lowest BCUT2D eigenvalue weighted by atomic mass is 10.2. The highest BCUT2D eigenvalue weighted by Gasteiger charge is 2.18. The summed E-state index contributed by atoms with van der Waals surface area (Å²) in [5.74, 6) is -5.45. The van der Waals surface area contributed by atoms with Gasteiger partial charge in [0.15, 0.2) is 17.5 Å². The van der Waals surface area contributed by atoms with Crippen LogP contribution in [0.1, 0.15) is 10.4 Å². The van der Waals surface area contributed by atoms with Gasteiger partial charge >= 0.3 is 0 Å². The van der Waals surface area contributed by atoms with E-state index in [0.717, 1.165) is 6.07 Å². The van der Waals surface area contributed by atoms with E-state index in [9.17, 15) is 18.0 Å². The van der Waals surface area contributed by atoms with Gasteiger partial charge in [0.05, 0.1) is 17.4 Å². The van der Waals surface area contributed by atoms with Gasteiger partial charge in [0.2, 0.25) is 0 Å². The van der Waals surface area contributed by atoms with Crippen LogP contribution in [0.4, 0.5) is 18.9 Å². The average Bonchev–Trinajstić information content (AvgIpc) is 2.36. The van der Waals surface area contributed by atoms with Crippen molar-refractivity contribution in [1.29, 1.82) is 0 Å². The maximum Gasteiger partial charge on any atom is 0.258 e. The molecule has 98 valence electrons. The number of nitrogens with zero attached hydrogens (tertiary/aromatic N) is 1. The topological polar surface area (TPSA) is 42.0 Å². The molecule has 0 spiro atoms. The summed E-state index contributed by atoms with van der Waals surface area (Å²) < 4.78 is 39.7. The predicted molar refractivity (Wildman–Crippen MR) is 66.2 cm³/mol. The quantitative estimate of drug-likeness (QED) is 0.856. The molecular weight excluding hydrogens is 325 g/mol. The van der Waals surface area contributed by atoms with E-state index in [0.29, 0.717) is 16.2 Å². The fourth-order valence-corrected chi connectivity index (χ4v) is 1.74. The van der Waals surface area contributed by atoms with Gasteiger partial charge in [-0.3, -0.25) is 9.78 Å². The van der Waals surface area contributed by atoms with Crippen molar-refractivity contribution in [2.45, 2.75) is 0 Å². The molecule has 1 aromatic carbocycles. The smallest absolute Gasteiger partial charge is 0.258 e. The third-order valence-electron chi connectivity index (χ3n) is 2.24. The van der Waals surface area contributed by atoms with E-state index in [-0.39, 0.29) is 0 Å². The Labute approximate surface area is 114 Å². The summed E-state index contributed by atoms with van der Waals surface area (Å²) in [5, 5.41) is 2.33. The first-order valence-electron chi connectivity index (χ1n) is 5.04. The number of benzene rings is 1. The van der Waals surface area contributed by atoms with E-state index in [1.807, 2.05) is 0 Å². The Hall–Kier alpha value is -1.89. The summed E-state index contributed by atoms with van der Waals surface area (Å²) in [6.45, 7) is 0. The Morgan fingerprint density at radius 2 is 1.89 bits per heavy atom. The van der Waals surface area contributed by atoms with Crippen molar-refractivity contribution < 1.29 is 18.0 Å². The zero-order chi connectivity index (χ0) is 14.0. The number of aromatic nitrogens is 1. The normalized spacial score (nSPS) is 10.3. The molecule has 19 heavy (non-hydrogen) atoms. The van der Waals surface area contributed by atoms with Crippen molar-refractivity contribution >= 4 is 27.5 Å². The highest BCUT2D eigenvalue weighted by Crippen LogP contribution is 2.18. The lowest BCUT2D eigenvalue weighted by Crippen LogP contribution is -2.15. The second-order valence-electron chi connectivity index (χ2n) is 3.57. The number of hydrogen-bond donors (Lipinski definition) is 1. The van der Waals surface area contributed by atoms with E-state index in [4.69, 9.17) is 0 Å². The van der Waals surface area contributed by atoms with Crippen molar-refractivity contribution in [3.63, 3.8) is 0 Å². The van der Waals surface area contributed by atoms with E-state index in [2.05, 4.69) is 26.2 Å². The summed E-state index contributed by atoms with van der Waals surface area (Å²) in [6.07, 6.45) is 2.83. The number of pyridine rings is 1. The maximum absolute atomic E-state index is 13.4. The molecule has 1 aromatic heterocycles. The Morgan fingerprint density at radius 1 is 1.16 bits per heavy atom. The Balaban J connectivity index is 2.28. The Kier molecular flexibility index (Phi) is 3.84. The van der Waals surface area contributed by atoms with Crippen LogP contribution in [0.15, 0.2) is 35.1 Å². The van der Waals surface area contributed by atoms with Crippen molar-refractivity contribution in [1.82, 2.24) is 4.98 Å². The van der Waals surface area contributed by atoms with Crippen LogP contribution in [0.2, 0.25) is 0 Å². The second-order valence-corrected chi connectivity index (χ2v) is 4.48. The molecule has 0 saturated heterocycles. The zero-order valence-corrected chi connectivity index (χ0v) is 10.8. The minimum atomic E-state index is -1.68. The predicted octanol–water partition coefficient (Wildman–Crippen LogP) is 3.51. The third-order valence-corrected chi connectivity index (χ3v) is 2.68. The van der Waals surface area contributed by atoms with Gasteiger partial charge in [-0.15, -0.1) is 0 Å². The van der Waals surface area contributed by atoms with E-state index in [1.54, 1.807) is 0 Å². The van der Waals surface area contributed by atoms with Gasteiger partial charge in [0.1, 0.15) is 0 Å². The number of carbonyl (C=O) groups is 1. The molecule has 1 N–H and O–H groups in total. The second kappa shape index (κ2) is 5.40. The first kappa shape index (κ1) is 13.5. The van der Waals surface area contributed by atoms with Gasteiger partial charge in [-0.2, -0.15) is 0 Å². The lowest BCUT2D eigenvalue weighted by Gasteiger charge is -2.06. The minimum Gasteiger partial charge on any atom is -0.320 e. The summed E-state index contributed by atoms with van der Waals surface area (Å²) in [5.41, 5.74) is -0.289. The molecule has 1 heterocycles. The van der Waals surface area contributed by atoms with Gasteiger partial charge in [-0.25, -0.2) is 13.2 Å². The highest BCUT2D eigenvalue weighted by atomic mass is 79.9. The maximum atomic E-state index is 13.4. The molecule has 3 nitrogen and oxygen atoms in total. The summed E-state index contributed by atoms with van der Waals surface area (Å²) in [4.78, 5) is 15.5. The minimum absolute atomic E-state index is 0.295. The Morgan fingerprint density at radius 3 is 2.58 bits per heavy atom. The van der Waals surface area contributed by atoms with Crippen molar-refractivity contribution in [2.24, 2.45) is 0 Å². The number of nitrogens with one attached hydrogen (secondary N) is 1. The van der Waals surface area contributed by atoms with Crippen LogP contribution in [0.3, 0.4) is 0 Å². The van der Waals surface area contributed by atoms with Gasteiger partial charge in [0, 0.05) is 10.7 Å². The molecule has 0 aliphatic rings. The fraction of sp³-hybridized carbons (Fsp3) is 0. The van der Waals surface area contributed by atoms with Crippen molar-refractivity contribution in [3.8, 4) is 0 Å². The number of amides is 1.